The number of rotatable bonds is 1. The van der Waals surface area contributed by atoms with E-state index < -0.39 is 0 Å². The van der Waals surface area contributed by atoms with Gasteiger partial charge in [0.25, 0.3) is 0 Å². The molecule has 134 valence electrons. The minimum Gasteiger partial charge on any atom is -0.472 e. The molecule has 0 spiro atoms. The van der Waals surface area contributed by atoms with Crippen LogP contribution in [0.5, 0.6) is 0 Å². The molecule has 25 heavy (non-hydrogen) atoms. The average molecular weight is 338 g/mol. The van der Waals surface area contributed by atoms with Crippen molar-refractivity contribution in [1.82, 2.24) is 0 Å². The molecule has 0 radical (unpaired) electrons. The van der Waals surface area contributed by atoms with E-state index >= 15 is 0 Å². The van der Waals surface area contributed by atoms with Crippen molar-refractivity contribution in [3.63, 3.8) is 0 Å². The normalized spacial score (nSPS) is 45.9. The molecule has 2 saturated carbocycles. The Balaban J connectivity index is 1.48. The van der Waals surface area contributed by atoms with Crippen LogP contribution in [0.15, 0.2) is 40.7 Å². The van der Waals surface area contributed by atoms with Gasteiger partial charge in [0, 0.05) is 5.56 Å². The number of aliphatic hydroxyl groups is 1. The molecule has 1 N–H and O–H groups in total. The molecule has 1 heterocycles. The quantitative estimate of drug-likeness (QED) is 0.676. The Bertz CT molecular complexity index is 727. The van der Waals surface area contributed by atoms with E-state index in [-0.39, 0.29) is 6.10 Å². The first kappa shape index (κ1) is 15.9. The molecule has 1 aromatic heterocycles. The summed E-state index contributed by atoms with van der Waals surface area (Å²) in [6, 6.07) is 2.13. The lowest BCUT2D eigenvalue weighted by Crippen LogP contribution is -2.49. The van der Waals surface area contributed by atoms with E-state index in [0.717, 1.165) is 30.6 Å². The molecule has 2 heteroatoms. The maximum atomic E-state index is 10.1. The van der Waals surface area contributed by atoms with Gasteiger partial charge < -0.3 is 9.52 Å². The second-order valence-corrected chi connectivity index (χ2v) is 9.48. The zero-order valence-electron chi connectivity index (χ0n) is 15.5. The summed E-state index contributed by atoms with van der Waals surface area (Å²) >= 11 is 0. The molecule has 0 bridgehead atoms. The SMILES string of the molecule is C[C@]12CCC(O)CC1=CC[C@@H]1[C@@H]2CC[C@]2(C)C(c3ccoc3)=CC[C@@H]12. The van der Waals surface area contributed by atoms with Gasteiger partial charge in [0.2, 0.25) is 0 Å². The Kier molecular flexibility index (Phi) is 3.42. The average Bonchev–Trinajstić information content (AvgIpc) is 3.22. The second-order valence-electron chi connectivity index (χ2n) is 9.48. The van der Waals surface area contributed by atoms with E-state index in [4.69, 9.17) is 4.42 Å². The fourth-order valence-corrected chi connectivity index (χ4v) is 7.07. The lowest BCUT2D eigenvalue weighted by molar-refractivity contribution is -0.0238. The van der Waals surface area contributed by atoms with Crippen LogP contribution in [0, 0.1) is 28.6 Å². The minimum absolute atomic E-state index is 0.106. The van der Waals surface area contributed by atoms with Gasteiger partial charge in [-0.1, -0.05) is 31.6 Å². The number of hydrogen-bond acceptors (Lipinski definition) is 2. The van der Waals surface area contributed by atoms with Gasteiger partial charge in [-0.05, 0) is 85.2 Å². The Morgan fingerprint density at radius 3 is 2.68 bits per heavy atom. The van der Waals surface area contributed by atoms with Gasteiger partial charge >= 0.3 is 0 Å². The van der Waals surface area contributed by atoms with Crippen LogP contribution in [0.1, 0.15) is 64.4 Å². The van der Waals surface area contributed by atoms with Crippen molar-refractivity contribution in [2.45, 2.75) is 64.9 Å². The Labute approximate surface area is 151 Å². The van der Waals surface area contributed by atoms with Crippen LogP contribution >= 0.6 is 0 Å². The number of fused-ring (bicyclic) bond motifs is 5. The molecule has 4 aliphatic carbocycles. The molecule has 0 saturated heterocycles. The van der Waals surface area contributed by atoms with Gasteiger partial charge in [0.1, 0.15) is 0 Å². The van der Waals surface area contributed by atoms with Crippen molar-refractivity contribution in [2.24, 2.45) is 28.6 Å². The summed E-state index contributed by atoms with van der Waals surface area (Å²) in [5.41, 5.74) is 5.03. The van der Waals surface area contributed by atoms with E-state index in [1.54, 1.807) is 5.57 Å². The molecule has 4 aliphatic rings. The zero-order chi connectivity index (χ0) is 17.2. The third-order valence-electron chi connectivity index (χ3n) is 8.49. The molecule has 6 atom stereocenters. The van der Waals surface area contributed by atoms with Gasteiger partial charge in [0.05, 0.1) is 18.6 Å². The molecule has 0 aromatic carbocycles. The third-order valence-corrected chi connectivity index (χ3v) is 8.49. The summed E-state index contributed by atoms with van der Waals surface area (Å²) < 4.78 is 5.38. The van der Waals surface area contributed by atoms with Crippen molar-refractivity contribution in [2.75, 3.05) is 0 Å². The van der Waals surface area contributed by atoms with Crippen molar-refractivity contribution in [1.29, 1.82) is 0 Å². The van der Waals surface area contributed by atoms with Gasteiger partial charge in [-0.2, -0.15) is 0 Å². The fraction of sp³-hybridized carbons (Fsp3) is 0.652. The van der Waals surface area contributed by atoms with Crippen LogP contribution in [0.2, 0.25) is 0 Å². The van der Waals surface area contributed by atoms with Gasteiger partial charge in [0.15, 0.2) is 0 Å². The molecule has 0 aliphatic heterocycles. The number of allylic oxidation sites excluding steroid dienone is 3. The molecule has 2 nitrogen and oxygen atoms in total. The summed E-state index contributed by atoms with van der Waals surface area (Å²) in [5.74, 6) is 2.36. The van der Waals surface area contributed by atoms with Crippen LogP contribution in [0.3, 0.4) is 0 Å². The van der Waals surface area contributed by atoms with E-state index in [9.17, 15) is 5.11 Å². The summed E-state index contributed by atoms with van der Waals surface area (Å²) in [5, 5.41) is 10.1. The van der Waals surface area contributed by atoms with E-state index in [2.05, 4.69) is 32.1 Å². The van der Waals surface area contributed by atoms with Crippen molar-refractivity contribution < 1.29 is 9.52 Å². The smallest absolute Gasteiger partial charge is 0.0977 e. The van der Waals surface area contributed by atoms with Crippen LogP contribution in [-0.4, -0.2) is 11.2 Å². The molecule has 0 amide bonds. The van der Waals surface area contributed by atoms with Crippen LogP contribution < -0.4 is 0 Å². The predicted molar refractivity (Wildman–Crippen MR) is 99.8 cm³/mol. The molecule has 5 rings (SSSR count). The van der Waals surface area contributed by atoms with Gasteiger partial charge in [-0.25, -0.2) is 0 Å². The number of hydrogen-bond donors (Lipinski definition) is 1. The van der Waals surface area contributed by atoms with Crippen LogP contribution in [0.25, 0.3) is 5.57 Å². The van der Waals surface area contributed by atoms with Gasteiger partial charge in [-0.3, -0.25) is 0 Å². The van der Waals surface area contributed by atoms with Crippen LogP contribution in [-0.2, 0) is 0 Å². The molecule has 1 unspecified atom stereocenters. The maximum Gasteiger partial charge on any atom is 0.0977 e. The Morgan fingerprint density at radius 2 is 1.88 bits per heavy atom. The maximum absolute atomic E-state index is 10.1. The predicted octanol–water partition coefficient (Wildman–Crippen LogP) is 5.60. The minimum atomic E-state index is -0.106. The molecule has 1 aromatic rings. The zero-order valence-corrected chi connectivity index (χ0v) is 15.5. The first-order valence-corrected chi connectivity index (χ1v) is 10.1. The van der Waals surface area contributed by atoms with Crippen molar-refractivity contribution >= 4 is 5.57 Å². The highest BCUT2D eigenvalue weighted by Gasteiger charge is 2.56. The topological polar surface area (TPSA) is 33.4 Å². The highest BCUT2D eigenvalue weighted by atomic mass is 16.3. The largest absolute Gasteiger partial charge is 0.472 e. The van der Waals surface area contributed by atoms with Crippen molar-refractivity contribution in [3.8, 4) is 0 Å². The van der Waals surface area contributed by atoms with Crippen LogP contribution in [0.4, 0.5) is 0 Å². The monoisotopic (exact) mass is 338 g/mol. The fourth-order valence-electron chi connectivity index (χ4n) is 7.07. The molecular weight excluding hydrogens is 308 g/mol. The number of aliphatic hydroxyl groups excluding tert-OH is 1. The summed E-state index contributed by atoms with van der Waals surface area (Å²) in [6.45, 7) is 5.01. The van der Waals surface area contributed by atoms with Gasteiger partial charge in [-0.15, -0.1) is 0 Å². The van der Waals surface area contributed by atoms with E-state index in [0.29, 0.717) is 10.8 Å². The molecular formula is C23H30O2. The highest BCUT2D eigenvalue weighted by molar-refractivity contribution is 5.72. The summed E-state index contributed by atoms with van der Waals surface area (Å²) in [7, 11) is 0. The second kappa shape index (κ2) is 5.36. The summed E-state index contributed by atoms with van der Waals surface area (Å²) in [4.78, 5) is 0. The van der Waals surface area contributed by atoms with E-state index in [1.165, 1.54) is 43.2 Å². The first-order chi connectivity index (χ1) is 12.0. The lowest BCUT2D eigenvalue weighted by atomic mass is 9.47. The standard InChI is InChI=1S/C23H30O2/c1-22-10-7-17(24)13-16(22)3-4-18-20-6-5-19(15-9-12-25-14-15)23(20,2)11-8-21(18)22/h3,5,9,12,14,17-18,20-21,24H,4,6-8,10-11,13H2,1-2H3/t17?,18-,20-,21-,22-,23+/m0/s1. The Hall–Kier alpha value is -1.28. The highest BCUT2D eigenvalue weighted by Crippen LogP contribution is 2.66. The lowest BCUT2D eigenvalue weighted by Gasteiger charge is -2.57. The first-order valence-electron chi connectivity index (χ1n) is 10.1. The third kappa shape index (κ3) is 2.13. The number of furan rings is 1. The molecule has 2 fully saturated rings. The van der Waals surface area contributed by atoms with E-state index in [1.807, 2.05) is 12.5 Å². The summed E-state index contributed by atoms with van der Waals surface area (Å²) in [6.07, 6.45) is 16.8. The van der Waals surface area contributed by atoms with Crippen molar-refractivity contribution in [3.05, 3.63) is 41.9 Å². The Morgan fingerprint density at radius 1 is 1.04 bits per heavy atom.